The number of halogens is 5. The van der Waals surface area contributed by atoms with Gasteiger partial charge in [0.05, 0.1) is 30.6 Å². The van der Waals surface area contributed by atoms with Gasteiger partial charge >= 0.3 is 12.1 Å². The van der Waals surface area contributed by atoms with Crippen molar-refractivity contribution in [3.8, 4) is 11.5 Å². The summed E-state index contributed by atoms with van der Waals surface area (Å²) >= 11 is 5.93. The topological polar surface area (TPSA) is 86.1 Å². The van der Waals surface area contributed by atoms with E-state index in [-0.39, 0.29) is 29.7 Å². The van der Waals surface area contributed by atoms with E-state index in [0.29, 0.717) is 42.7 Å². The summed E-state index contributed by atoms with van der Waals surface area (Å²) in [5.41, 5.74) is 1.67. The van der Waals surface area contributed by atoms with Gasteiger partial charge in [-0.25, -0.2) is 14.2 Å². The van der Waals surface area contributed by atoms with Crippen LogP contribution in [0.3, 0.4) is 0 Å². The predicted molar refractivity (Wildman–Crippen MR) is 149 cm³/mol. The highest BCUT2D eigenvalue weighted by molar-refractivity contribution is 6.30. The molecular weight excluding hydrogens is 594 g/mol. The zero-order valence-corrected chi connectivity index (χ0v) is 24.0. The van der Waals surface area contributed by atoms with E-state index >= 15 is 0 Å². The molecule has 1 fully saturated rings. The summed E-state index contributed by atoms with van der Waals surface area (Å²) in [5.74, 6) is -1.15. The second-order valence-electron chi connectivity index (χ2n) is 10.6. The molecule has 0 spiro atoms. The Balaban J connectivity index is 1.25. The van der Waals surface area contributed by atoms with Crippen LogP contribution in [0.2, 0.25) is 5.02 Å². The van der Waals surface area contributed by atoms with E-state index in [2.05, 4.69) is 9.88 Å². The quantitative estimate of drug-likeness (QED) is 0.159. The number of benzene rings is 2. The summed E-state index contributed by atoms with van der Waals surface area (Å²) in [6.45, 7) is 2.01. The van der Waals surface area contributed by atoms with Crippen molar-refractivity contribution in [3.63, 3.8) is 0 Å². The molecule has 1 atom stereocenters. The van der Waals surface area contributed by atoms with Gasteiger partial charge in [-0.2, -0.15) is 13.2 Å². The van der Waals surface area contributed by atoms with Gasteiger partial charge in [0.2, 0.25) is 0 Å². The Kier molecular flexibility index (Phi) is 9.00. The van der Waals surface area contributed by atoms with Gasteiger partial charge in [-0.3, -0.25) is 4.90 Å². The van der Waals surface area contributed by atoms with Crippen LogP contribution in [0, 0.1) is 5.82 Å². The molecule has 5 rings (SSSR count). The molecule has 1 aromatic heterocycles. The van der Waals surface area contributed by atoms with Gasteiger partial charge in [-0.15, -0.1) is 0 Å². The van der Waals surface area contributed by atoms with E-state index in [1.807, 2.05) is 12.1 Å². The number of piperidine rings is 1. The van der Waals surface area contributed by atoms with E-state index in [0.717, 1.165) is 24.5 Å². The maximum absolute atomic E-state index is 14.8. The van der Waals surface area contributed by atoms with Crippen LogP contribution in [0.15, 0.2) is 48.7 Å². The third-order valence-electron chi connectivity index (χ3n) is 7.51. The Morgan fingerprint density at radius 2 is 2.00 bits per heavy atom. The van der Waals surface area contributed by atoms with Crippen LogP contribution in [0.25, 0.3) is 6.08 Å². The fraction of sp³-hybridized carbons (Fsp3) is 0.400. The number of fused-ring (bicyclic) bond motifs is 1. The van der Waals surface area contributed by atoms with E-state index in [1.165, 1.54) is 18.3 Å². The van der Waals surface area contributed by atoms with Crippen molar-refractivity contribution in [1.82, 2.24) is 14.5 Å². The fourth-order valence-electron chi connectivity index (χ4n) is 5.49. The molecule has 2 aliphatic heterocycles. The van der Waals surface area contributed by atoms with Crippen molar-refractivity contribution in [3.05, 3.63) is 82.2 Å². The average molecular weight is 624 g/mol. The van der Waals surface area contributed by atoms with Crippen molar-refractivity contribution in [2.45, 2.75) is 50.7 Å². The Morgan fingerprint density at radius 3 is 2.70 bits per heavy atom. The number of alkyl halides is 3. The zero-order chi connectivity index (χ0) is 30.8. The van der Waals surface area contributed by atoms with Gasteiger partial charge < -0.3 is 23.9 Å². The Labute approximate surface area is 250 Å². The number of rotatable bonds is 10. The molecule has 1 unspecified atom stereocenters. The highest BCUT2D eigenvalue weighted by Gasteiger charge is 2.43. The predicted octanol–water partition coefficient (Wildman–Crippen LogP) is 6.38. The number of ether oxygens (including phenoxy) is 3. The number of hydrogen-bond acceptors (Lipinski definition) is 6. The minimum Gasteiger partial charge on any atom is -0.478 e. The maximum Gasteiger partial charge on any atom is 0.411 e. The van der Waals surface area contributed by atoms with Gasteiger partial charge in [0.25, 0.3) is 5.79 Å². The van der Waals surface area contributed by atoms with E-state index in [4.69, 9.17) is 30.9 Å². The van der Waals surface area contributed by atoms with Crippen molar-refractivity contribution < 1.29 is 41.7 Å². The van der Waals surface area contributed by atoms with Crippen LogP contribution in [-0.4, -0.2) is 58.0 Å². The van der Waals surface area contributed by atoms with Crippen molar-refractivity contribution in [2.24, 2.45) is 0 Å². The first-order valence-corrected chi connectivity index (χ1v) is 14.1. The number of imidazole rings is 1. The van der Waals surface area contributed by atoms with Crippen molar-refractivity contribution >= 4 is 23.6 Å². The average Bonchev–Trinajstić information content (AvgIpc) is 3.49. The second-order valence-corrected chi connectivity index (χ2v) is 11.0. The Hall–Kier alpha value is -3.61. The number of likely N-dealkylation sites (tertiary alicyclic amines) is 1. The van der Waals surface area contributed by atoms with Gasteiger partial charge in [0.15, 0.2) is 11.5 Å². The molecule has 13 heteroatoms. The fourth-order valence-corrected chi connectivity index (χ4v) is 5.64. The van der Waals surface area contributed by atoms with E-state index in [1.54, 1.807) is 29.7 Å². The second kappa shape index (κ2) is 12.6. The summed E-state index contributed by atoms with van der Waals surface area (Å²) < 4.78 is 71.1. The van der Waals surface area contributed by atoms with Crippen LogP contribution in [-0.2, 0) is 28.4 Å². The largest absolute Gasteiger partial charge is 0.478 e. The lowest BCUT2D eigenvalue weighted by Crippen LogP contribution is -2.34. The summed E-state index contributed by atoms with van der Waals surface area (Å²) in [5, 5.41) is 9.29. The molecule has 0 bridgehead atoms. The minimum absolute atomic E-state index is 0.0850. The maximum atomic E-state index is 14.8. The number of carbonyl (C=O) groups is 1. The summed E-state index contributed by atoms with van der Waals surface area (Å²) in [6.07, 6.45) is 0.942. The number of nitrogens with zero attached hydrogens (tertiary/aromatic N) is 3. The number of carboxylic acid groups (broad SMARTS) is 1. The van der Waals surface area contributed by atoms with Gasteiger partial charge in [0, 0.05) is 30.1 Å². The van der Waals surface area contributed by atoms with Crippen LogP contribution in [0.1, 0.15) is 48.3 Å². The standard InChI is InChI=1S/C30H30ClF4N3O5/c1-29(23-7-5-20(31)15-24(23)32)42-25-4-2-3-22(28(25)43-29)19-9-11-37(12-10-19)17-26-36-16-21(6-8-27(39)40)38(26)13-14-41-18-30(33,34)35/h2-8,15-16,19H,9-14,17-18H2,1H3,(H,39,40). The molecule has 8 nitrogen and oxygen atoms in total. The normalized spacial score (nSPS) is 19.4. The van der Waals surface area contributed by atoms with Gasteiger partial charge in [0.1, 0.15) is 18.2 Å². The molecule has 1 N–H and O–H groups in total. The first kappa shape index (κ1) is 30.8. The number of carboxylic acids is 1. The van der Waals surface area contributed by atoms with E-state index < -0.39 is 30.4 Å². The molecule has 0 radical (unpaired) electrons. The molecule has 0 amide bonds. The van der Waals surface area contributed by atoms with Crippen LogP contribution >= 0.6 is 11.6 Å². The molecule has 1 saturated heterocycles. The first-order valence-electron chi connectivity index (χ1n) is 13.7. The first-order chi connectivity index (χ1) is 20.4. The molecule has 0 saturated carbocycles. The molecular formula is C30H30ClF4N3O5. The minimum atomic E-state index is -4.44. The van der Waals surface area contributed by atoms with Gasteiger partial charge in [-0.1, -0.05) is 23.7 Å². The lowest BCUT2D eigenvalue weighted by molar-refractivity contribution is -0.174. The summed E-state index contributed by atoms with van der Waals surface area (Å²) in [7, 11) is 0. The number of aromatic nitrogens is 2. The number of aliphatic carboxylic acids is 1. The third kappa shape index (κ3) is 7.31. The lowest BCUT2D eigenvalue weighted by Gasteiger charge is -2.32. The number of hydrogen-bond donors (Lipinski definition) is 1. The van der Waals surface area contributed by atoms with Crippen LogP contribution in [0.4, 0.5) is 17.6 Å². The van der Waals surface area contributed by atoms with Crippen molar-refractivity contribution in [2.75, 3.05) is 26.3 Å². The number of para-hydroxylation sites is 1. The summed E-state index contributed by atoms with van der Waals surface area (Å²) in [6, 6.07) is 10.0. The highest BCUT2D eigenvalue weighted by Crippen LogP contribution is 2.49. The summed E-state index contributed by atoms with van der Waals surface area (Å²) in [4.78, 5) is 17.6. The lowest BCUT2D eigenvalue weighted by atomic mass is 9.88. The van der Waals surface area contributed by atoms with E-state index in [9.17, 15) is 22.4 Å². The van der Waals surface area contributed by atoms with Crippen LogP contribution in [0.5, 0.6) is 11.5 Å². The van der Waals surface area contributed by atoms with Crippen molar-refractivity contribution in [1.29, 1.82) is 0 Å². The monoisotopic (exact) mass is 623 g/mol. The smallest absolute Gasteiger partial charge is 0.411 e. The highest BCUT2D eigenvalue weighted by atomic mass is 35.5. The SMILES string of the molecule is CC1(c2ccc(Cl)cc2F)Oc2cccc(C3CCN(Cc4ncc(C=CC(=O)O)n4CCOCC(F)(F)F)CC3)c2O1. The molecule has 3 heterocycles. The molecule has 0 aliphatic carbocycles. The van der Waals surface area contributed by atoms with Crippen LogP contribution < -0.4 is 9.47 Å². The molecule has 2 aliphatic rings. The Morgan fingerprint density at radius 1 is 1.23 bits per heavy atom. The molecule has 2 aromatic carbocycles. The zero-order valence-electron chi connectivity index (χ0n) is 23.2. The Bertz CT molecular complexity index is 1500. The third-order valence-corrected chi connectivity index (χ3v) is 7.75. The molecule has 43 heavy (non-hydrogen) atoms. The molecule has 230 valence electrons. The van der Waals surface area contributed by atoms with Gasteiger partial charge in [-0.05, 0) is 62.2 Å². The molecule has 3 aromatic rings.